The van der Waals surface area contributed by atoms with E-state index in [1.807, 2.05) is 12.1 Å². The van der Waals surface area contributed by atoms with E-state index in [1.165, 1.54) is 17.8 Å². The number of halogens is 2. The summed E-state index contributed by atoms with van der Waals surface area (Å²) in [5, 5.41) is 3.67. The molecular weight excluding hydrogens is 404 g/mol. The molecule has 1 aromatic heterocycles. The summed E-state index contributed by atoms with van der Waals surface area (Å²) in [6, 6.07) is 3.99. The van der Waals surface area contributed by atoms with Crippen LogP contribution in [0.2, 0.25) is 0 Å². The van der Waals surface area contributed by atoms with Gasteiger partial charge in [0, 0.05) is 14.9 Å². The van der Waals surface area contributed by atoms with E-state index in [4.69, 9.17) is 0 Å². The Balaban J connectivity index is 1.80. The summed E-state index contributed by atoms with van der Waals surface area (Å²) in [7, 11) is 0. The Morgan fingerprint density at radius 1 is 1.25 bits per heavy atom. The average molecular weight is 418 g/mol. The number of amides is 1. The van der Waals surface area contributed by atoms with Crippen LogP contribution in [0.1, 0.15) is 32.1 Å². The van der Waals surface area contributed by atoms with Gasteiger partial charge < -0.3 is 5.32 Å². The third kappa shape index (κ3) is 3.07. The van der Waals surface area contributed by atoms with Crippen molar-refractivity contribution >= 4 is 64.5 Å². The van der Waals surface area contributed by atoms with Gasteiger partial charge in [0.25, 0.3) is 0 Å². The highest BCUT2D eigenvalue weighted by molar-refractivity contribution is 9.11. The van der Waals surface area contributed by atoms with Gasteiger partial charge in [-0.15, -0.1) is 0 Å². The second-order valence-electron chi connectivity index (χ2n) is 5.08. The summed E-state index contributed by atoms with van der Waals surface area (Å²) in [6.07, 6.45) is 5.59. The highest BCUT2D eigenvalue weighted by Gasteiger charge is 2.22. The van der Waals surface area contributed by atoms with Crippen molar-refractivity contribution in [1.29, 1.82) is 0 Å². The molecule has 1 heterocycles. The number of carbonyl (C=O) groups is 1. The maximum Gasteiger partial charge on any atom is 0.229 e. The Morgan fingerprint density at radius 2 is 2.00 bits per heavy atom. The number of thiazole rings is 1. The number of nitrogens with one attached hydrogen (secondary N) is 1. The number of benzene rings is 1. The summed E-state index contributed by atoms with van der Waals surface area (Å²) in [5.74, 6) is 0.282. The maximum atomic E-state index is 12.2. The molecular formula is C14H14Br2N2OS. The van der Waals surface area contributed by atoms with Crippen molar-refractivity contribution in [3.05, 3.63) is 21.1 Å². The number of aromatic nitrogens is 1. The Bertz CT molecular complexity index is 650. The van der Waals surface area contributed by atoms with Crippen LogP contribution in [0.25, 0.3) is 10.2 Å². The van der Waals surface area contributed by atoms with Crippen molar-refractivity contribution in [2.45, 2.75) is 32.1 Å². The lowest BCUT2D eigenvalue weighted by Crippen LogP contribution is -2.24. The van der Waals surface area contributed by atoms with Crippen LogP contribution in [0, 0.1) is 5.92 Å². The minimum Gasteiger partial charge on any atom is -0.302 e. The number of rotatable bonds is 2. The van der Waals surface area contributed by atoms with Gasteiger partial charge in [-0.05, 0) is 40.9 Å². The molecule has 1 aliphatic rings. The number of nitrogens with zero attached hydrogens (tertiary/aromatic N) is 1. The molecule has 0 radical (unpaired) electrons. The largest absolute Gasteiger partial charge is 0.302 e. The molecule has 1 N–H and O–H groups in total. The van der Waals surface area contributed by atoms with Crippen LogP contribution in [0.3, 0.4) is 0 Å². The fourth-order valence-electron chi connectivity index (χ4n) is 2.58. The highest BCUT2D eigenvalue weighted by atomic mass is 79.9. The van der Waals surface area contributed by atoms with E-state index in [0.717, 1.165) is 44.8 Å². The lowest BCUT2D eigenvalue weighted by molar-refractivity contribution is -0.120. The third-order valence-electron chi connectivity index (χ3n) is 3.62. The van der Waals surface area contributed by atoms with E-state index < -0.39 is 0 Å². The van der Waals surface area contributed by atoms with Crippen molar-refractivity contribution in [3.63, 3.8) is 0 Å². The molecule has 2 aromatic rings. The predicted molar refractivity (Wildman–Crippen MR) is 90.2 cm³/mol. The Kier molecular flexibility index (Phi) is 4.43. The second kappa shape index (κ2) is 6.12. The molecule has 1 aliphatic carbocycles. The topological polar surface area (TPSA) is 42.0 Å². The fraction of sp³-hybridized carbons (Fsp3) is 0.429. The molecule has 1 saturated carbocycles. The Morgan fingerprint density at radius 3 is 2.75 bits per heavy atom. The lowest BCUT2D eigenvalue weighted by atomic mass is 9.89. The summed E-state index contributed by atoms with van der Waals surface area (Å²) in [6.45, 7) is 0. The molecule has 0 bridgehead atoms. The molecule has 6 heteroatoms. The zero-order valence-electron chi connectivity index (χ0n) is 10.8. The molecule has 1 fully saturated rings. The number of hydrogen-bond donors (Lipinski definition) is 1. The molecule has 1 amide bonds. The molecule has 3 rings (SSSR count). The van der Waals surface area contributed by atoms with E-state index in [9.17, 15) is 4.79 Å². The van der Waals surface area contributed by atoms with E-state index >= 15 is 0 Å². The zero-order chi connectivity index (χ0) is 14.1. The minimum absolute atomic E-state index is 0.124. The SMILES string of the molecule is O=C(Nc1nc2c(Br)cc(Br)cc2s1)C1CCCCC1. The second-order valence-corrected chi connectivity index (χ2v) is 7.88. The van der Waals surface area contributed by atoms with Crippen LogP contribution in [0.15, 0.2) is 21.1 Å². The smallest absolute Gasteiger partial charge is 0.229 e. The zero-order valence-corrected chi connectivity index (χ0v) is 14.8. The van der Waals surface area contributed by atoms with Crippen LogP contribution in [-0.2, 0) is 4.79 Å². The predicted octanol–water partition coefficient (Wildman–Crippen LogP) is 5.34. The highest BCUT2D eigenvalue weighted by Crippen LogP contribution is 2.34. The van der Waals surface area contributed by atoms with Crippen LogP contribution >= 0.6 is 43.2 Å². The Labute approximate surface area is 138 Å². The van der Waals surface area contributed by atoms with Crippen molar-refractivity contribution in [2.24, 2.45) is 5.92 Å². The van der Waals surface area contributed by atoms with E-state index in [1.54, 1.807) is 0 Å². The molecule has 0 saturated heterocycles. The summed E-state index contributed by atoms with van der Waals surface area (Å²) in [5.41, 5.74) is 0.900. The van der Waals surface area contributed by atoms with Gasteiger partial charge in [-0.2, -0.15) is 0 Å². The summed E-state index contributed by atoms with van der Waals surface area (Å²) >= 11 is 8.49. The van der Waals surface area contributed by atoms with Gasteiger partial charge in [-0.3, -0.25) is 4.79 Å². The monoisotopic (exact) mass is 416 g/mol. The molecule has 0 spiro atoms. The van der Waals surface area contributed by atoms with Crippen molar-refractivity contribution in [3.8, 4) is 0 Å². The first-order chi connectivity index (χ1) is 9.63. The number of fused-ring (bicyclic) bond motifs is 1. The lowest BCUT2D eigenvalue weighted by Gasteiger charge is -2.19. The minimum atomic E-state index is 0.124. The van der Waals surface area contributed by atoms with Gasteiger partial charge in [0.1, 0.15) is 0 Å². The molecule has 20 heavy (non-hydrogen) atoms. The van der Waals surface area contributed by atoms with Gasteiger partial charge in [0.15, 0.2) is 5.13 Å². The fourth-order valence-corrected chi connectivity index (χ4v) is 5.11. The summed E-state index contributed by atoms with van der Waals surface area (Å²) < 4.78 is 3.01. The van der Waals surface area contributed by atoms with Gasteiger partial charge >= 0.3 is 0 Å². The van der Waals surface area contributed by atoms with Crippen LogP contribution < -0.4 is 5.32 Å². The Hall–Kier alpha value is -0.460. The average Bonchev–Trinajstić information content (AvgIpc) is 2.82. The number of carbonyl (C=O) groups excluding carboxylic acids is 1. The molecule has 0 aliphatic heterocycles. The van der Waals surface area contributed by atoms with E-state index in [2.05, 4.69) is 42.2 Å². The van der Waals surface area contributed by atoms with Crippen LogP contribution in [-0.4, -0.2) is 10.9 Å². The van der Waals surface area contributed by atoms with Crippen LogP contribution in [0.4, 0.5) is 5.13 Å². The van der Waals surface area contributed by atoms with Crippen LogP contribution in [0.5, 0.6) is 0 Å². The molecule has 0 atom stereocenters. The number of hydrogen-bond acceptors (Lipinski definition) is 3. The normalized spacial score (nSPS) is 16.5. The van der Waals surface area contributed by atoms with Crippen molar-refractivity contribution < 1.29 is 4.79 Å². The molecule has 106 valence electrons. The van der Waals surface area contributed by atoms with Gasteiger partial charge in [0.2, 0.25) is 5.91 Å². The van der Waals surface area contributed by atoms with E-state index in [-0.39, 0.29) is 11.8 Å². The van der Waals surface area contributed by atoms with Gasteiger partial charge in [-0.25, -0.2) is 4.98 Å². The van der Waals surface area contributed by atoms with Gasteiger partial charge in [-0.1, -0.05) is 46.5 Å². The standard InChI is InChI=1S/C14H14Br2N2OS/c15-9-6-10(16)12-11(7-9)20-14(17-12)18-13(19)8-4-2-1-3-5-8/h6-8H,1-5H2,(H,17,18,19). The van der Waals surface area contributed by atoms with Crippen molar-refractivity contribution in [1.82, 2.24) is 4.98 Å². The number of anilines is 1. The third-order valence-corrected chi connectivity index (χ3v) is 5.60. The maximum absolute atomic E-state index is 12.2. The molecule has 3 nitrogen and oxygen atoms in total. The molecule has 1 aromatic carbocycles. The van der Waals surface area contributed by atoms with E-state index in [0.29, 0.717) is 5.13 Å². The quantitative estimate of drug-likeness (QED) is 0.716. The first kappa shape index (κ1) is 14.5. The molecule has 0 unspecified atom stereocenters. The van der Waals surface area contributed by atoms with Crippen molar-refractivity contribution in [2.75, 3.05) is 5.32 Å². The first-order valence-corrected chi connectivity index (χ1v) is 9.10. The van der Waals surface area contributed by atoms with Gasteiger partial charge in [0.05, 0.1) is 10.2 Å². The summed E-state index contributed by atoms with van der Waals surface area (Å²) in [4.78, 5) is 16.7. The first-order valence-electron chi connectivity index (χ1n) is 6.70.